The van der Waals surface area contributed by atoms with Crippen molar-refractivity contribution in [1.82, 2.24) is 0 Å². The Labute approximate surface area is 105 Å². The third-order valence-corrected chi connectivity index (χ3v) is 2.42. The van der Waals surface area contributed by atoms with Crippen molar-refractivity contribution in [3.8, 4) is 0 Å². The molecule has 17 heavy (non-hydrogen) atoms. The Morgan fingerprint density at radius 3 is 2.24 bits per heavy atom. The van der Waals surface area contributed by atoms with Crippen molar-refractivity contribution in [2.45, 2.75) is 39.5 Å². The van der Waals surface area contributed by atoms with Gasteiger partial charge in [0, 0.05) is 19.3 Å². The molecule has 0 amide bonds. The molecule has 96 valence electrons. The maximum atomic E-state index is 10.1. The van der Waals surface area contributed by atoms with Gasteiger partial charge in [0.1, 0.15) is 6.29 Å². The monoisotopic (exact) mass is 236 g/mol. The Kier molecular flexibility index (Phi) is 10.6. The summed E-state index contributed by atoms with van der Waals surface area (Å²) in [6.07, 6.45) is 6.06. The molecule has 2 heteroatoms. The lowest BCUT2D eigenvalue weighted by Crippen LogP contribution is -1.86. The largest absolute Gasteiger partial charge is 0.385 e. The zero-order valence-corrected chi connectivity index (χ0v) is 11.2. The maximum Gasteiger partial charge on any atom is 0.150 e. The van der Waals surface area contributed by atoms with Gasteiger partial charge in [0.25, 0.3) is 0 Å². The second-order valence-corrected chi connectivity index (χ2v) is 4.08. The molecule has 0 aliphatic carbocycles. The first-order chi connectivity index (χ1) is 8.24. The van der Waals surface area contributed by atoms with Crippen LogP contribution in [0.2, 0.25) is 0 Å². The van der Waals surface area contributed by atoms with Crippen LogP contribution in [0.5, 0.6) is 0 Å². The highest BCUT2D eigenvalue weighted by molar-refractivity contribution is 5.74. The summed E-state index contributed by atoms with van der Waals surface area (Å²) in [6, 6.07) is 7.46. The van der Waals surface area contributed by atoms with E-state index >= 15 is 0 Å². The molecular formula is C15H24O2. The third kappa shape index (κ3) is 9.76. The smallest absolute Gasteiger partial charge is 0.150 e. The molecule has 0 saturated carbocycles. The van der Waals surface area contributed by atoms with Crippen LogP contribution < -0.4 is 0 Å². The van der Waals surface area contributed by atoms with E-state index in [0.717, 1.165) is 18.5 Å². The zero-order valence-electron chi connectivity index (χ0n) is 11.2. The molecule has 2 nitrogen and oxygen atoms in total. The Hall–Kier alpha value is -1.15. The fraction of sp³-hybridized carbons (Fsp3) is 0.533. The third-order valence-electron chi connectivity index (χ3n) is 2.42. The summed E-state index contributed by atoms with van der Waals surface area (Å²) in [7, 11) is 1.76. The second-order valence-electron chi connectivity index (χ2n) is 4.08. The van der Waals surface area contributed by atoms with Gasteiger partial charge in [-0.2, -0.15) is 0 Å². The summed E-state index contributed by atoms with van der Waals surface area (Å²) in [5.41, 5.74) is 1.92. The topological polar surface area (TPSA) is 26.3 Å². The first-order valence-electron chi connectivity index (χ1n) is 6.25. The van der Waals surface area contributed by atoms with Crippen LogP contribution in [0.15, 0.2) is 24.3 Å². The van der Waals surface area contributed by atoms with Gasteiger partial charge in [-0.05, 0) is 13.3 Å². The van der Waals surface area contributed by atoms with Gasteiger partial charge in [-0.3, -0.25) is 4.79 Å². The predicted molar refractivity (Wildman–Crippen MR) is 72.6 cm³/mol. The van der Waals surface area contributed by atoms with E-state index in [1.165, 1.54) is 31.2 Å². The molecule has 0 unspecified atom stereocenters. The fourth-order valence-corrected chi connectivity index (χ4v) is 1.32. The lowest BCUT2D eigenvalue weighted by Gasteiger charge is -1.95. The first kappa shape index (κ1) is 15.9. The highest BCUT2D eigenvalue weighted by Crippen LogP contribution is 1.99. The minimum absolute atomic E-state index is 0.737. The molecule has 1 aromatic rings. The zero-order chi connectivity index (χ0) is 12.9. The van der Waals surface area contributed by atoms with Crippen LogP contribution in [0.3, 0.4) is 0 Å². The normalized spacial score (nSPS) is 9.35. The van der Waals surface area contributed by atoms with Crippen molar-refractivity contribution in [3.63, 3.8) is 0 Å². The van der Waals surface area contributed by atoms with Crippen molar-refractivity contribution in [2.24, 2.45) is 0 Å². The van der Waals surface area contributed by atoms with Crippen molar-refractivity contribution in [3.05, 3.63) is 35.4 Å². The molecule has 1 aromatic carbocycles. The average molecular weight is 236 g/mol. The van der Waals surface area contributed by atoms with Gasteiger partial charge in [-0.1, -0.05) is 56.0 Å². The van der Waals surface area contributed by atoms with Gasteiger partial charge in [0.2, 0.25) is 0 Å². The van der Waals surface area contributed by atoms with Gasteiger partial charge in [0.05, 0.1) is 0 Å². The molecule has 0 aliphatic heterocycles. The number of aldehydes is 1. The number of unbranched alkanes of at least 4 members (excludes halogenated alkanes) is 3. The van der Waals surface area contributed by atoms with Gasteiger partial charge >= 0.3 is 0 Å². The number of ether oxygens (including phenoxy) is 1. The van der Waals surface area contributed by atoms with E-state index in [1.807, 2.05) is 31.2 Å². The van der Waals surface area contributed by atoms with Crippen LogP contribution in [-0.2, 0) is 4.74 Å². The molecule has 0 spiro atoms. The summed E-state index contributed by atoms with van der Waals surface area (Å²) >= 11 is 0. The molecular weight excluding hydrogens is 212 g/mol. The van der Waals surface area contributed by atoms with Crippen LogP contribution in [0.25, 0.3) is 0 Å². The van der Waals surface area contributed by atoms with Gasteiger partial charge < -0.3 is 4.74 Å². The summed E-state index contributed by atoms with van der Waals surface area (Å²) in [5, 5.41) is 0. The van der Waals surface area contributed by atoms with Crippen molar-refractivity contribution >= 4 is 6.29 Å². The molecule has 0 saturated heterocycles. The molecule has 0 aromatic heterocycles. The van der Waals surface area contributed by atoms with Crippen LogP contribution in [0.4, 0.5) is 0 Å². The number of carbonyl (C=O) groups excluding carboxylic acids is 1. The van der Waals surface area contributed by atoms with Gasteiger partial charge in [-0.25, -0.2) is 0 Å². The number of carbonyl (C=O) groups is 1. The van der Waals surface area contributed by atoms with E-state index in [9.17, 15) is 4.79 Å². The molecule has 0 N–H and O–H groups in total. The Balaban J connectivity index is 0.000000304. The Bertz CT molecular complexity index is 271. The molecule has 0 fully saturated rings. The first-order valence-corrected chi connectivity index (χ1v) is 6.25. The SMILES string of the molecule is CCCCCCOC.Cc1ccc(C=O)cc1. The minimum atomic E-state index is 0.737. The molecule has 0 bridgehead atoms. The molecule has 0 aliphatic rings. The molecule has 0 radical (unpaired) electrons. The summed E-state index contributed by atoms with van der Waals surface area (Å²) in [5.74, 6) is 0. The summed E-state index contributed by atoms with van der Waals surface area (Å²) in [4.78, 5) is 10.1. The lowest BCUT2D eigenvalue weighted by molar-refractivity contribution is 0.112. The van der Waals surface area contributed by atoms with Crippen LogP contribution in [-0.4, -0.2) is 20.0 Å². The lowest BCUT2D eigenvalue weighted by atomic mass is 10.2. The second kappa shape index (κ2) is 11.3. The van der Waals surface area contributed by atoms with Crippen LogP contribution in [0.1, 0.15) is 48.5 Å². The minimum Gasteiger partial charge on any atom is -0.385 e. The molecule has 0 heterocycles. The number of hydrogen-bond acceptors (Lipinski definition) is 2. The number of rotatable bonds is 6. The van der Waals surface area contributed by atoms with E-state index in [-0.39, 0.29) is 0 Å². The van der Waals surface area contributed by atoms with E-state index in [2.05, 4.69) is 6.92 Å². The van der Waals surface area contributed by atoms with E-state index in [0.29, 0.717) is 0 Å². The van der Waals surface area contributed by atoms with Crippen molar-refractivity contribution in [2.75, 3.05) is 13.7 Å². The standard InChI is InChI=1S/C8H8O.C7H16O/c1-7-2-4-8(6-9)5-3-7;1-3-4-5-6-7-8-2/h2-6H,1H3;3-7H2,1-2H3. The quantitative estimate of drug-likeness (QED) is 0.551. The predicted octanol–water partition coefficient (Wildman–Crippen LogP) is 4.02. The average Bonchev–Trinajstić information content (AvgIpc) is 2.37. The van der Waals surface area contributed by atoms with E-state index in [4.69, 9.17) is 4.74 Å². The number of hydrogen-bond donors (Lipinski definition) is 0. The van der Waals surface area contributed by atoms with E-state index < -0.39 is 0 Å². The van der Waals surface area contributed by atoms with Gasteiger partial charge in [0.15, 0.2) is 0 Å². The number of benzene rings is 1. The van der Waals surface area contributed by atoms with Crippen LogP contribution >= 0.6 is 0 Å². The highest BCUT2D eigenvalue weighted by Gasteiger charge is 1.85. The van der Waals surface area contributed by atoms with E-state index in [1.54, 1.807) is 7.11 Å². The number of aryl methyl sites for hydroxylation is 1. The van der Waals surface area contributed by atoms with Crippen molar-refractivity contribution in [1.29, 1.82) is 0 Å². The highest BCUT2D eigenvalue weighted by atomic mass is 16.5. The Morgan fingerprint density at radius 2 is 1.76 bits per heavy atom. The fourth-order valence-electron chi connectivity index (χ4n) is 1.32. The van der Waals surface area contributed by atoms with Crippen LogP contribution in [0, 0.1) is 6.92 Å². The summed E-state index contributed by atoms with van der Waals surface area (Å²) in [6.45, 7) is 5.14. The maximum absolute atomic E-state index is 10.1. The van der Waals surface area contributed by atoms with Crippen molar-refractivity contribution < 1.29 is 9.53 Å². The number of methoxy groups -OCH3 is 1. The summed E-state index contributed by atoms with van der Waals surface area (Å²) < 4.78 is 4.89. The molecule has 1 rings (SSSR count). The van der Waals surface area contributed by atoms with Gasteiger partial charge in [-0.15, -0.1) is 0 Å². The molecule has 0 atom stereocenters. The Morgan fingerprint density at radius 1 is 1.12 bits per heavy atom.